The highest BCUT2D eigenvalue weighted by molar-refractivity contribution is 5.74. The first kappa shape index (κ1) is 21.8. The topological polar surface area (TPSA) is 57.7 Å². The van der Waals surface area contributed by atoms with Gasteiger partial charge in [0.1, 0.15) is 11.6 Å². The summed E-state index contributed by atoms with van der Waals surface area (Å²) in [6, 6.07) is 17.9. The second-order valence-electron chi connectivity index (χ2n) is 7.94. The highest BCUT2D eigenvalue weighted by atomic mass is 19.1. The molecule has 1 fully saturated rings. The summed E-state index contributed by atoms with van der Waals surface area (Å²) in [5.41, 5.74) is 3.28. The predicted molar refractivity (Wildman–Crippen MR) is 121 cm³/mol. The Morgan fingerprint density at radius 1 is 1.06 bits per heavy atom. The number of carbonyl (C=O) groups excluding carboxylic acids is 1. The van der Waals surface area contributed by atoms with E-state index in [1.54, 1.807) is 24.4 Å². The molecule has 1 saturated heterocycles. The summed E-state index contributed by atoms with van der Waals surface area (Å²) in [6.07, 6.45) is 1.60. The van der Waals surface area contributed by atoms with E-state index in [1.807, 2.05) is 11.0 Å². The average Bonchev–Trinajstić information content (AvgIpc) is 2.79. The van der Waals surface area contributed by atoms with Crippen LogP contribution in [0.15, 0.2) is 66.9 Å². The maximum Gasteiger partial charge on any atom is 0.317 e. The van der Waals surface area contributed by atoms with Crippen LogP contribution in [-0.4, -0.2) is 47.0 Å². The fourth-order valence-electron chi connectivity index (χ4n) is 3.75. The van der Waals surface area contributed by atoms with Crippen LogP contribution in [0.4, 0.5) is 9.18 Å². The SMILES string of the molecule is Cc1cccc(CN2CCN(C(=O)NCc3cccnc3Oc3cccc(F)c3)CC2)c1. The van der Waals surface area contributed by atoms with Gasteiger partial charge in [-0.2, -0.15) is 0 Å². The Hall–Kier alpha value is -3.45. The first-order valence-corrected chi connectivity index (χ1v) is 10.7. The van der Waals surface area contributed by atoms with E-state index >= 15 is 0 Å². The molecule has 4 rings (SSSR count). The Balaban J connectivity index is 1.28. The molecule has 0 aliphatic carbocycles. The van der Waals surface area contributed by atoms with Crippen LogP contribution in [0.25, 0.3) is 0 Å². The Labute approximate surface area is 187 Å². The number of nitrogens with zero attached hydrogens (tertiary/aromatic N) is 3. The van der Waals surface area contributed by atoms with Gasteiger partial charge in [0.15, 0.2) is 0 Å². The van der Waals surface area contributed by atoms with Gasteiger partial charge in [-0.25, -0.2) is 14.2 Å². The number of benzene rings is 2. The number of ether oxygens (including phenoxy) is 1. The van der Waals surface area contributed by atoms with Crippen LogP contribution in [-0.2, 0) is 13.1 Å². The normalized spacial score (nSPS) is 14.2. The monoisotopic (exact) mass is 434 g/mol. The molecule has 0 saturated carbocycles. The summed E-state index contributed by atoms with van der Waals surface area (Å²) in [4.78, 5) is 21.1. The molecule has 1 aliphatic heterocycles. The summed E-state index contributed by atoms with van der Waals surface area (Å²) in [6.45, 7) is 6.30. The van der Waals surface area contributed by atoms with Crippen molar-refractivity contribution in [3.63, 3.8) is 0 Å². The van der Waals surface area contributed by atoms with Crippen molar-refractivity contribution >= 4 is 6.03 Å². The van der Waals surface area contributed by atoms with Crippen LogP contribution in [0.3, 0.4) is 0 Å². The smallest absolute Gasteiger partial charge is 0.317 e. The van der Waals surface area contributed by atoms with E-state index in [0.29, 0.717) is 24.7 Å². The van der Waals surface area contributed by atoms with Crippen molar-refractivity contribution in [3.8, 4) is 11.6 Å². The lowest BCUT2D eigenvalue weighted by Gasteiger charge is -2.34. The molecule has 3 aromatic rings. The molecule has 0 spiro atoms. The largest absolute Gasteiger partial charge is 0.439 e. The number of rotatable bonds is 6. The third-order valence-electron chi connectivity index (χ3n) is 5.44. The number of aromatic nitrogens is 1. The first-order valence-electron chi connectivity index (χ1n) is 10.7. The van der Waals surface area contributed by atoms with Crippen molar-refractivity contribution in [1.29, 1.82) is 0 Å². The van der Waals surface area contributed by atoms with Crippen molar-refractivity contribution < 1.29 is 13.9 Å². The van der Waals surface area contributed by atoms with Crippen molar-refractivity contribution in [3.05, 3.63) is 89.4 Å². The highest BCUT2D eigenvalue weighted by Crippen LogP contribution is 2.23. The molecular weight excluding hydrogens is 407 g/mol. The molecule has 1 aromatic heterocycles. The van der Waals surface area contributed by atoms with Gasteiger partial charge >= 0.3 is 6.03 Å². The lowest BCUT2D eigenvalue weighted by molar-refractivity contribution is 0.135. The van der Waals surface area contributed by atoms with Crippen LogP contribution < -0.4 is 10.1 Å². The van der Waals surface area contributed by atoms with E-state index in [4.69, 9.17) is 4.74 Å². The number of amides is 2. The number of piperazine rings is 1. The van der Waals surface area contributed by atoms with Crippen LogP contribution in [0.1, 0.15) is 16.7 Å². The first-order chi connectivity index (χ1) is 15.6. The van der Waals surface area contributed by atoms with Crippen molar-refractivity contribution in [2.45, 2.75) is 20.0 Å². The second kappa shape index (κ2) is 10.2. The van der Waals surface area contributed by atoms with Crippen LogP contribution >= 0.6 is 0 Å². The molecule has 0 atom stereocenters. The zero-order chi connectivity index (χ0) is 22.3. The molecule has 2 aromatic carbocycles. The van der Waals surface area contributed by atoms with E-state index in [1.165, 1.54) is 23.3 Å². The minimum Gasteiger partial charge on any atom is -0.439 e. The Morgan fingerprint density at radius 2 is 1.88 bits per heavy atom. The van der Waals surface area contributed by atoms with E-state index < -0.39 is 0 Å². The van der Waals surface area contributed by atoms with Gasteiger partial charge in [0.2, 0.25) is 5.88 Å². The van der Waals surface area contributed by atoms with Crippen LogP contribution in [0.5, 0.6) is 11.6 Å². The molecule has 2 amide bonds. The summed E-state index contributed by atoms with van der Waals surface area (Å²) in [7, 11) is 0. The molecule has 0 radical (unpaired) electrons. The van der Waals surface area contributed by atoms with Crippen LogP contribution in [0.2, 0.25) is 0 Å². The number of aryl methyl sites for hydroxylation is 1. The van der Waals surface area contributed by atoms with Crippen molar-refractivity contribution in [2.24, 2.45) is 0 Å². The van der Waals surface area contributed by atoms with Crippen molar-refractivity contribution in [1.82, 2.24) is 20.1 Å². The highest BCUT2D eigenvalue weighted by Gasteiger charge is 2.21. The number of hydrogen-bond donors (Lipinski definition) is 1. The minimum atomic E-state index is -0.380. The third-order valence-corrected chi connectivity index (χ3v) is 5.44. The van der Waals surface area contributed by atoms with Gasteiger partial charge in [-0.05, 0) is 30.7 Å². The van der Waals surface area contributed by atoms with E-state index in [0.717, 1.165) is 25.2 Å². The summed E-state index contributed by atoms with van der Waals surface area (Å²) in [5.74, 6) is 0.331. The Kier molecular flexibility index (Phi) is 6.97. The quantitative estimate of drug-likeness (QED) is 0.627. The number of pyridine rings is 1. The molecule has 1 aliphatic rings. The lowest BCUT2D eigenvalue weighted by atomic mass is 10.1. The summed E-state index contributed by atoms with van der Waals surface area (Å²) < 4.78 is 19.2. The molecule has 6 nitrogen and oxygen atoms in total. The maximum absolute atomic E-state index is 13.4. The number of urea groups is 1. The van der Waals surface area contributed by atoms with E-state index in [-0.39, 0.29) is 18.4 Å². The molecule has 0 unspecified atom stereocenters. The second-order valence-corrected chi connectivity index (χ2v) is 7.94. The third kappa shape index (κ3) is 5.82. The lowest BCUT2D eigenvalue weighted by Crippen LogP contribution is -2.51. The molecule has 1 N–H and O–H groups in total. The number of carbonyl (C=O) groups is 1. The van der Waals surface area contributed by atoms with Gasteiger partial charge in [0.25, 0.3) is 0 Å². The molecular formula is C25H27FN4O2. The van der Waals surface area contributed by atoms with Gasteiger partial charge in [-0.1, -0.05) is 42.0 Å². The molecule has 166 valence electrons. The zero-order valence-corrected chi connectivity index (χ0v) is 18.1. The predicted octanol–water partition coefficient (Wildman–Crippen LogP) is 4.35. The Morgan fingerprint density at radius 3 is 2.66 bits per heavy atom. The minimum absolute atomic E-state index is 0.110. The number of nitrogens with one attached hydrogen (secondary N) is 1. The van der Waals surface area contributed by atoms with Crippen LogP contribution in [0, 0.1) is 12.7 Å². The fourth-order valence-corrected chi connectivity index (χ4v) is 3.75. The van der Waals surface area contributed by atoms with Gasteiger partial charge in [-0.3, -0.25) is 4.90 Å². The standard InChI is InChI=1S/C25H27FN4O2/c1-19-5-2-6-20(15-19)18-29-11-13-30(14-12-29)25(31)28-17-21-7-4-10-27-24(21)32-23-9-3-8-22(26)16-23/h2-10,15-16H,11-14,17-18H2,1H3,(H,28,31). The van der Waals surface area contributed by atoms with Gasteiger partial charge < -0.3 is 15.0 Å². The van der Waals surface area contributed by atoms with Gasteiger partial charge in [0, 0.05) is 57.1 Å². The summed E-state index contributed by atoms with van der Waals surface area (Å²) >= 11 is 0. The van der Waals surface area contributed by atoms with E-state index in [9.17, 15) is 9.18 Å². The Bertz CT molecular complexity index is 1070. The molecule has 32 heavy (non-hydrogen) atoms. The summed E-state index contributed by atoms with van der Waals surface area (Å²) in [5, 5.41) is 2.95. The molecule has 7 heteroatoms. The van der Waals surface area contributed by atoms with Gasteiger partial charge in [-0.15, -0.1) is 0 Å². The van der Waals surface area contributed by atoms with Crippen molar-refractivity contribution in [2.75, 3.05) is 26.2 Å². The van der Waals surface area contributed by atoms with E-state index in [2.05, 4.69) is 46.4 Å². The van der Waals surface area contributed by atoms with Gasteiger partial charge in [0.05, 0.1) is 0 Å². The maximum atomic E-state index is 13.4. The fraction of sp³-hybridized carbons (Fsp3) is 0.280. The number of halogens is 1. The molecule has 0 bridgehead atoms. The average molecular weight is 435 g/mol. The number of hydrogen-bond acceptors (Lipinski definition) is 4. The zero-order valence-electron chi connectivity index (χ0n) is 18.1. The molecule has 2 heterocycles.